The molecule has 0 bridgehead atoms. The highest BCUT2D eigenvalue weighted by Gasteiger charge is 2.39. The molecular formula is C11H18O2. The second-order valence-corrected chi connectivity index (χ2v) is 4.21. The summed E-state index contributed by atoms with van der Waals surface area (Å²) < 4.78 is 0. The number of hydrogen-bond donors (Lipinski definition) is 2. The molecule has 1 fully saturated rings. The lowest BCUT2D eigenvalue weighted by Gasteiger charge is -2.40. The summed E-state index contributed by atoms with van der Waals surface area (Å²) >= 11 is 0. The largest absolute Gasteiger partial charge is 0.392 e. The average Bonchev–Trinajstić information content (AvgIpc) is 2.00. The monoisotopic (exact) mass is 182 g/mol. The third-order valence-electron chi connectivity index (χ3n) is 3.08. The van der Waals surface area contributed by atoms with E-state index < -0.39 is 11.7 Å². The Balaban J connectivity index is 2.85. The summed E-state index contributed by atoms with van der Waals surface area (Å²) in [6, 6.07) is 0. The van der Waals surface area contributed by atoms with Crippen LogP contribution < -0.4 is 0 Å². The van der Waals surface area contributed by atoms with Crippen molar-refractivity contribution in [1.82, 2.24) is 0 Å². The van der Waals surface area contributed by atoms with E-state index in [-0.39, 0.29) is 5.92 Å². The van der Waals surface area contributed by atoms with E-state index in [2.05, 4.69) is 13.2 Å². The Morgan fingerprint density at radius 2 is 2.15 bits per heavy atom. The van der Waals surface area contributed by atoms with Gasteiger partial charge in [-0.2, -0.15) is 0 Å². The molecule has 1 rings (SSSR count). The second-order valence-electron chi connectivity index (χ2n) is 4.21. The molecule has 2 N–H and O–H groups in total. The predicted molar refractivity (Wildman–Crippen MR) is 53.3 cm³/mol. The summed E-state index contributed by atoms with van der Waals surface area (Å²) in [7, 11) is 0. The molecule has 13 heavy (non-hydrogen) atoms. The maximum atomic E-state index is 10.1. The van der Waals surface area contributed by atoms with E-state index in [1.165, 1.54) is 0 Å². The molecule has 0 aromatic rings. The van der Waals surface area contributed by atoms with E-state index in [1.54, 1.807) is 6.92 Å². The third-order valence-corrected chi connectivity index (χ3v) is 3.08. The highest BCUT2D eigenvalue weighted by molar-refractivity contribution is 5.22. The topological polar surface area (TPSA) is 40.5 Å². The highest BCUT2D eigenvalue weighted by Crippen LogP contribution is 2.38. The van der Waals surface area contributed by atoms with Crippen LogP contribution in [-0.4, -0.2) is 21.9 Å². The number of aliphatic hydroxyl groups is 2. The Labute approximate surface area is 79.6 Å². The molecule has 0 spiro atoms. The van der Waals surface area contributed by atoms with Crippen molar-refractivity contribution >= 4 is 0 Å². The number of aliphatic hydroxyl groups excluding tert-OH is 1. The average molecular weight is 182 g/mol. The van der Waals surface area contributed by atoms with Gasteiger partial charge < -0.3 is 10.2 Å². The Kier molecular flexibility index (Phi) is 2.64. The SMILES string of the molecule is C=C1CC(O)(C(=C)C)CC(O)C1C. The van der Waals surface area contributed by atoms with Crippen molar-refractivity contribution < 1.29 is 10.2 Å². The summed E-state index contributed by atoms with van der Waals surface area (Å²) in [4.78, 5) is 0. The van der Waals surface area contributed by atoms with Crippen LogP contribution in [0.5, 0.6) is 0 Å². The van der Waals surface area contributed by atoms with Crippen LogP contribution in [0.25, 0.3) is 0 Å². The second kappa shape index (κ2) is 3.28. The van der Waals surface area contributed by atoms with Crippen molar-refractivity contribution in [3.8, 4) is 0 Å². The van der Waals surface area contributed by atoms with Crippen LogP contribution in [-0.2, 0) is 0 Å². The van der Waals surface area contributed by atoms with Crippen molar-refractivity contribution in [2.45, 2.75) is 38.4 Å². The molecule has 74 valence electrons. The van der Waals surface area contributed by atoms with E-state index in [1.807, 2.05) is 6.92 Å². The van der Waals surface area contributed by atoms with Gasteiger partial charge in [0, 0.05) is 18.8 Å². The minimum atomic E-state index is -0.941. The molecule has 0 saturated heterocycles. The van der Waals surface area contributed by atoms with E-state index >= 15 is 0 Å². The molecule has 0 aliphatic heterocycles. The molecular weight excluding hydrogens is 164 g/mol. The van der Waals surface area contributed by atoms with Crippen LogP contribution >= 0.6 is 0 Å². The standard InChI is InChI=1S/C11H18O2/c1-7(2)11(13)5-8(3)9(4)10(12)6-11/h9-10,12-13H,1,3,5-6H2,2,4H3. The fourth-order valence-electron chi connectivity index (χ4n) is 1.73. The Morgan fingerprint density at radius 3 is 2.54 bits per heavy atom. The Hall–Kier alpha value is -0.600. The van der Waals surface area contributed by atoms with Gasteiger partial charge in [-0.25, -0.2) is 0 Å². The predicted octanol–water partition coefficient (Wildman–Crippen LogP) is 1.64. The van der Waals surface area contributed by atoms with E-state index in [0.717, 1.165) is 5.57 Å². The Bertz CT molecular complexity index is 244. The highest BCUT2D eigenvalue weighted by atomic mass is 16.3. The molecule has 1 aliphatic carbocycles. The van der Waals surface area contributed by atoms with E-state index in [0.29, 0.717) is 18.4 Å². The zero-order valence-electron chi connectivity index (χ0n) is 8.38. The lowest BCUT2D eigenvalue weighted by atomic mass is 9.72. The van der Waals surface area contributed by atoms with Gasteiger partial charge in [-0.1, -0.05) is 25.7 Å². The van der Waals surface area contributed by atoms with Crippen LogP contribution in [0, 0.1) is 5.92 Å². The van der Waals surface area contributed by atoms with Crippen LogP contribution in [0.3, 0.4) is 0 Å². The van der Waals surface area contributed by atoms with Gasteiger partial charge in [0.05, 0.1) is 11.7 Å². The van der Waals surface area contributed by atoms with Gasteiger partial charge in [0.1, 0.15) is 0 Å². The van der Waals surface area contributed by atoms with Crippen LogP contribution in [0.15, 0.2) is 24.3 Å². The summed E-state index contributed by atoms with van der Waals surface area (Å²) in [5.41, 5.74) is 0.673. The van der Waals surface area contributed by atoms with Gasteiger partial charge in [0.15, 0.2) is 0 Å². The molecule has 0 aromatic heterocycles. The fourth-order valence-corrected chi connectivity index (χ4v) is 1.73. The molecule has 3 atom stereocenters. The summed E-state index contributed by atoms with van der Waals surface area (Å²) in [5, 5.41) is 19.8. The minimum Gasteiger partial charge on any atom is -0.392 e. The van der Waals surface area contributed by atoms with Crippen molar-refractivity contribution in [2.75, 3.05) is 0 Å². The maximum absolute atomic E-state index is 10.1. The molecule has 0 heterocycles. The van der Waals surface area contributed by atoms with E-state index in [9.17, 15) is 10.2 Å². The van der Waals surface area contributed by atoms with Gasteiger partial charge in [-0.3, -0.25) is 0 Å². The maximum Gasteiger partial charge on any atom is 0.0913 e. The zero-order chi connectivity index (χ0) is 10.2. The lowest BCUT2D eigenvalue weighted by molar-refractivity contribution is -0.0191. The fraction of sp³-hybridized carbons (Fsp3) is 0.636. The van der Waals surface area contributed by atoms with Crippen molar-refractivity contribution in [1.29, 1.82) is 0 Å². The van der Waals surface area contributed by atoms with Crippen molar-refractivity contribution in [3.63, 3.8) is 0 Å². The molecule has 0 aromatic carbocycles. The van der Waals surface area contributed by atoms with Gasteiger partial charge in [0.2, 0.25) is 0 Å². The smallest absolute Gasteiger partial charge is 0.0913 e. The number of rotatable bonds is 1. The molecule has 3 unspecified atom stereocenters. The first-order chi connectivity index (χ1) is 5.87. The summed E-state index contributed by atoms with van der Waals surface area (Å²) in [6.07, 6.45) is 0.409. The first kappa shape index (κ1) is 10.5. The van der Waals surface area contributed by atoms with Gasteiger partial charge in [-0.05, 0) is 12.5 Å². The molecule has 1 saturated carbocycles. The van der Waals surface area contributed by atoms with Gasteiger partial charge in [-0.15, -0.1) is 0 Å². The van der Waals surface area contributed by atoms with Crippen molar-refractivity contribution in [3.05, 3.63) is 24.3 Å². The lowest BCUT2D eigenvalue weighted by Crippen LogP contribution is -2.42. The molecule has 0 radical (unpaired) electrons. The number of hydrogen-bond acceptors (Lipinski definition) is 2. The molecule has 1 aliphatic rings. The van der Waals surface area contributed by atoms with Gasteiger partial charge >= 0.3 is 0 Å². The molecule has 2 nitrogen and oxygen atoms in total. The van der Waals surface area contributed by atoms with Gasteiger partial charge in [0.25, 0.3) is 0 Å². The summed E-state index contributed by atoms with van der Waals surface area (Å²) in [6.45, 7) is 11.3. The third kappa shape index (κ3) is 1.84. The molecule has 0 amide bonds. The van der Waals surface area contributed by atoms with E-state index in [4.69, 9.17) is 0 Å². The first-order valence-corrected chi connectivity index (χ1v) is 4.61. The Morgan fingerprint density at radius 1 is 1.62 bits per heavy atom. The summed E-state index contributed by atoms with van der Waals surface area (Å²) in [5.74, 6) is 0.0830. The van der Waals surface area contributed by atoms with Crippen molar-refractivity contribution in [2.24, 2.45) is 5.92 Å². The first-order valence-electron chi connectivity index (χ1n) is 4.61. The zero-order valence-corrected chi connectivity index (χ0v) is 8.38. The molecule has 2 heteroatoms. The quantitative estimate of drug-likeness (QED) is 0.605. The minimum absolute atomic E-state index is 0.0830. The van der Waals surface area contributed by atoms with Crippen LogP contribution in [0.4, 0.5) is 0 Å². The van der Waals surface area contributed by atoms with Crippen LogP contribution in [0.1, 0.15) is 26.7 Å². The normalized spacial score (nSPS) is 40.5. The van der Waals surface area contributed by atoms with Crippen LogP contribution in [0.2, 0.25) is 0 Å².